The molecule has 0 aliphatic carbocycles. The molecule has 2 aromatic carbocycles. The first-order chi connectivity index (χ1) is 13.0. The van der Waals surface area contributed by atoms with Gasteiger partial charge in [-0.1, -0.05) is 62.4 Å². The van der Waals surface area contributed by atoms with Crippen LogP contribution in [0.1, 0.15) is 37.3 Å². The number of rotatable bonds is 8. The zero-order valence-electron chi connectivity index (χ0n) is 16.0. The van der Waals surface area contributed by atoms with Gasteiger partial charge in [-0.05, 0) is 24.0 Å². The highest BCUT2D eigenvalue weighted by atomic mass is 16.5. The van der Waals surface area contributed by atoms with Crippen LogP contribution < -0.4 is 10.1 Å². The lowest BCUT2D eigenvalue weighted by Gasteiger charge is -2.26. The Balaban J connectivity index is 2.13. The molecule has 5 heteroatoms. The number of hydrogen-bond donors (Lipinski definition) is 1. The minimum absolute atomic E-state index is 0.187. The summed E-state index contributed by atoms with van der Waals surface area (Å²) in [5.41, 5.74) is 1.67. The number of nitriles is 1. The monoisotopic (exact) mass is 366 g/mol. The number of nitrogens with one attached hydrogen (secondary N) is 1. The molecular formula is C22H26N2O3. The average Bonchev–Trinajstić information content (AvgIpc) is 2.67. The van der Waals surface area contributed by atoms with E-state index in [2.05, 4.69) is 25.2 Å². The van der Waals surface area contributed by atoms with Crippen LogP contribution in [0.3, 0.4) is 0 Å². The van der Waals surface area contributed by atoms with E-state index in [0.29, 0.717) is 18.1 Å². The number of carbonyl (C=O) groups is 1. The van der Waals surface area contributed by atoms with Crippen LogP contribution in [0.4, 0.5) is 4.79 Å². The molecule has 27 heavy (non-hydrogen) atoms. The molecule has 2 aromatic rings. The minimum Gasteiger partial charge on any atom is -0.496 e. The summed E-state index contributed by atoms with van der Waals surface area (Å²) in [5, 5.41) is 12.7. The molecule has 0 radical (unpaired) electrons. The zero-order chi connectivity index (χ0) is 19.6. The molecule has 1 N–H and O–H groups in total. The molecule has 0 fully saturated rings. The van der Waals surface area contributed by atoms with Gasteiger partial charge in [-0.3, -0.25) is 0 Å². The number of para-hydroxylation sites is 1. The van der Waals surface area contributed by atoms with Gasteiger partial charge in [0, 0.05) is 5.56 Å². The van der Waals surface area contributed by atoms with Crippen molar-refractivity contribution in [2.45, 2.75) is 38.8 Å². The van der Waals surface area contributed by atoms with Crippen LogP contribution in [0, 0.1) is 17.2 Å². The molecule has 1 amide bonds. The van der Waals surface area contributed by atoms with Gasteiger partial charge in [-0.2, -0.15) is 5.26 Å². The quantitative estimate of drug-likeness (QED) is 0.738. The number of hydrogen-bond acceptors (Lipinski definition) is 4. The molecule has 0 saturated heterocycles. The number of nitrogens with zero attached hydrogens (tertiary/aromatic N) is 1. The van der Waals surface area contributed by atoms with Crippen molar-refractivity contribution in [3.8, 4) is 11.8 Å². The summed E-state index contributed by atoms with van der Waals surface area (Å²) in [6, 6.07) is 18.8. The summed E-state index contributed by atoms with van der Waals surface area (Å²) in [4.78, 5) is 12.3. The fourth-order valence-corrected chi connectivity index (χ4v) is 3.00. The van der Waals surface area contributed by atoms with Crippen molar-refractivity contribution in [2.24, 2.45) is 5.92 Å². The first-order valence-electron chi connectivity index (χ1n) is 9.05. The Hall–Kier alpha value is -3.00. The van der Waals surface area contributed by atoms with Crippen LogP contribution in [-0.4, -0.2) is 19.2 Å². The molecular weight excluding hydrogens is 340 g/mol. The van der Waals surface area contributed by atoms with Gasteiger partial charge in [-0.25, -0.2) is 4.79 Å². The zero-order valence-corrected chi connectivity index (χ0v) is 16.0. The number of methoxy groups -OCH3 is 1. The topological polar surface area (TPSA) is 71.3 Å². The number of ether oxygens (including phenoxy) is 2. The molecule has 0 heterocycles. The smallest absolute Gasteiger partial charge is 0.407 e. The maximum Gasteiger partial charge on any atom is 0.407 e. The third kappa shape index (κ3) is 6.03. The Kier molecular flexibility index (Phi) is 7.69. The molecule has 0 bridgehead atoms. The van der Waals surface area contributed by atoms with Crippen molar-refractivity contribution >= 4 is 6.09 Å². The van der Waals surface area contributed by atoms with E-state index in [9.17, 15) is 10.1 Å². The first-order valence-corrected chi connectivity index (χ1v) is 9.05. The van der Waals surface area contributed by atoms with Crippen LogP contribution in [0.15, 0.2) is 54.6 Å². The number of carbonyl (C=O) groups excluding carboxylic acids is 1. The molecule has 2 atom stereocenters. The highest BCUT2D eigenvalue weighted by molar-refractivity contribution is 5.68. The maximum atomic E-state index is 12.3. The minimum atomic E-state index is -0.534. The Morgan fingerprint density at radius 2 is 1.78 bits per heavy atom. The van der Waals surface area contributed by atoms with E-state index in [1.165, 1.54) is 0 Å². The third-order valence-electron chi connectivity index (χ3n) is 4.26. The average molecular weight is 366 g/mol. The molecule has 0 spiro atoms. The van der Waals surface area contributed by atoms with Crippen molar-refractivity contribution < 1.29 is 14.3 Å². The van der Waals surface area contributed by atoms with Crippen molar-refractivity contribution in [1.29, 1.82) is 5.26 Å². The van der Waals surface area contributed by atoms with Gasteiger partial charge in [0.05, 0.1) is 25.1 Å². The second kappa shape index (κ2) is 10.2. The fraction of sp³-hybridized carbons (Fsp3) is 0.364. The second-order valence-corrected chi connectivity index (χ2v) is 6.79. The summed E-state index contributed by atoms with van der Waals surface area (Å²) in [6.45, 7) is 4.30. The summed E-state index contributed by atoms with van der Waals surface area (Å²) < 4.78 is 10.7. The summed E-state index contributed by atoms with van der Waals surface area (Å²) in [7, 11) is 1.58. The second-order valence-electron chi connectivity index (χ2n) is 6.79. The highest BCUT2D eigenvalue weighted by Gasteiger charge is 2.28. The third-order valence-corrected chi connectivity index (χ3v) is 4.26. The van der Waals surface area contributed by atoms with Crippen LogP contribution in [0.2, 0.25) is 0 Å². The number of alkyl carbamates (subject to hydrolysis) is 1. The van der Waals surface area contributed by atoms with E-state index < -0.39 is 12.0 Å². The predicted octanol–water partition coefficient (Wildman–Crippen LogP) is 4.64. The van der Waals surface area contributed by atoms with Crippen molar-refractivity contribution in [3.05, 3.63) is 65.7 Å². The Bertz CT molecular complexity index is 769. The van der Waals surface area contributed by atoms with Crippen molar-refractivity contribution in [2.75, 3.05) is 7.11 Å². The van der Waals surface area contributed by atoms with Crippen LogP contribution in [-0.2, 0) is 11.3 Å². The van der Waals surface area contributed by atoms with Gasteiger partial charge in [0.25, 0.3) is 0 Å². The summed E-state index contributed by atoms with van der Waals surface area (Å²) in [5.74, 6) is 0.403. The summed E-state index contributed by atoms with van der Waals surface area (Å²) in [6.07, 6.45) is 0.121. The van der Waals surface area contributed by atoms with E-state index in [0.717, 1.165) is 11.1 Å². The molecule has 0 saturated carbocycles. The van der Waals surface area contributed by atoms with Crippen molar-refractivity contribution in [1.82, 2.24) is 5.32 Å². The van der Waals surface area contributed by atoms with Crippen LogP contribution in [0.5, 0.6) is 5.75 Å². The molecule has 142 valence electrons. The van der Waals surface area contributed by atoms with E-state index >= 15 is 0 Å². The molecule has 5 nitrogen and oxygen atoms in total. The van der Waals surface area contributed by atoms with Gasteiger partial charge < -0.3 is 14.8 Å². The van der Waals surface area contributed by atoms with Gasteiger partial charge in [-0.15, -0.1) is 0 Å². The highest BCUT2D eigenvalue weighted by Crippen LogP contribution is 2.31. The normalized spacial score (nSPS) is 12.7. The first kappa shape index (κ1) is 20.3. The lowest BCUT2D eigenvalue weighted by atomic mass is 9.87. The molecule has 0 aliphatic rings. The van der Waals surface area contributed by atoms with Crippen LogP contribution in [0.25, 0.3) is 0 Å². The van der Waals surface area contributed by atoms with E-state index in [1.54, 1.807) is 7.11 Å². The Labute approximate surface area is 160 Å². The maximum absolute atomic E-state index is 12.3. The number of benzene rings is 2. The molecule has 0 unspecified atom stereocenters. The molecule has 2 rings (SSSR count). The van der Waals surface area contributed by atoms with Gasteiger partial charge in [0.1, 0.15) is 12.4 Å². The fourth-order valence-electron chi connectivity index (χ4n) is 3.00. The predicted molar refractivity (Wildman–Crippen MR) is 104 cm³/mol. The Morgan fingerprint density at radius 1 is 1.11 bits per heavy atom. The molecule has 0 aliphatic heterocycles. The largest absolute Gasteiger partial charge is 0.496 e. The van der Waals surface area contributed by atoms with E-state index in [1.807, 2.05) is 54.6 Å². The van der Waals surface area contributed by atoms with E-state index in [4.69, 9.17) is 9.47 Å². The van der Waals surface area contributed by atoms with E-state index in [-0.39, 0.29) is 12.6 Å². The summed E-state index contributed by atoms with van der Waals surface area (Å²) >= 11 is 0. The van der Waals surface area contributed by atoms with Gasteiger partial charge >= 0.3 is 6.09 Å². The lowest BCUT2D eigenvalue weighted by molar-refractivity contribution is 0.133. The number of amides is 1. The van der Waals surface area contributed by atoms with Crippen molar-refractivity contribution in [3.63, 3.8) is 0 Å². The SMILES string of the molecule is COc1ccccc1[C@@H](C#N)[C@H](CC(C)C)NC(=O)OCc1ccccc1. The standard InChI is InChI=1S/C22H26N2O3/c1-16(2)13-20(19(14-23)18-11-7-8-12-21(18)26-3)24-22(25)27-15-17-9-5-4-6-10-17/h4-12,16,19-20H,13,15H2,1-3H3,(H,24,25)/t19-,20+/m1/s1. The van der Waals surface area contributed by atoms with Crippen LogP contribution >= 0.6 is 0 Å². The van der Waals surface area contributed by atoms with Gasteiger partial charge in [0.2, 0.25) is 0 Å². The molecule has 0 aromatic heterocycles. The Morgan fingerprint density at radius 3 is 2.41 bits per heavy atom. The lowest BCUT2D eigenvalue weighted by Crippen LogP contribution is -2.40. The van der Waals surface area contributed by atoms with Gasteiger partial charge in [0.15, 0.2) is 0 Å².